The summed E-state index contributed by atoms with van der Waals surface area (Å²) in [5, 5.41) is 0.161. The maximum absolute atomic E-state index is 12.3. The summed E-state index contributed by atoms with van der Waals surface area (Å²) in [4.78, 5) is 26.6. The summed E-state index contributed by atoms with van der Waals surface area (Å²) in [6, 6.07) is 0. The summed E-state index contributed by atoms with van der Waals surface area (Å²) in [7, 11) is 0. The Morgan fingerprint density at radius 2 is 1.72 bits per heavy atom. The van der Waals surface area contributed by atoms with E-state index in [9.17, 15) is 9.59 Å². The van der Waals surface area contributed by atoms with Gasteiger partial charge in [-0.25, -0.2) is 4.79 Å². The van der Waals surface area contributed by atoms with Crippen molar-refractivity contribution in [2.24, 2.45) is 11.8 Å². The average Bonchev–Trinajstić information content (AvgIpc) is 2.22. The minimum absolute atomic E-state index is 0.0116. The minimum atomic E-state index is -0.429. The van der Waals surface area contributed by atoms with Gasteiger partial charge in [-0.05, 0) is 17.8 Å². The average molecular weight is 273 g/mol. The molecule has 1 unspecified atom stereocenters. The first kappa shape index (κ1) is 15.0. The first-order valence-corrected chi connectivity index (χ1v) is 6.66. The molecule has 0 aliphatic rings. The van der Waals surface area contributed by atoms with Crippen LogP contribution < -0.4 is 11.2 Å². The summed E-state index contributed by atoms with van der Waals surface area (Å²) >= 11 is 5.93. The van der Waals surface area contributed by atoms with E-state index in [1.807, 2.05) is 20.8 Å². The Bertz CT molecular complexity index is 529. The Morgan fingerprint density at radius 1 is 1.17 bits per heavy atom. The summed E-state index contributed by atoms with van der Waals surface area (Å²) in [6.07, 6.45) is 0. The summed E-state index contributed by atoms with van der Waals surface area (Å²) in [5.74, 6) is 0.655. The Hall–Kier alpha value is -1.03. The van der Waals surface area contributed by atoms with Crippen molar-refractivity contribution >= 4 is 11.6 Å². The van der Waals surface area contributed by atoms with Crippen LogP contribution >= 0.6 is 11.6 Å². The molecule has 0 amide bonds. The van der Waals surface area contributed by atoms with Gasteiger partial charge in [0, 0.05) is 6.54 Å². The fraction of sp³-hybridized carbons (Fsp3) is 0.692. The maximum atomic E-state index is 12.3. The number of nitrogens with one attached hydrogen (secondary N) is 1. The van der Waals surface area contributed by atoms with Gasteiger partial charge in [-0.3, -0.25) is 14.3 Å². The summed E-state index contributed by atoms with van der Waals surface area (Å²) in [6.45, 7) is 10.4. The first-order valence-electron chi connectivity index (χ1n) is 6.28. The number of aromatic amines is 1. The molecular formula is C13H21ClN2O2. The second kappa shape index (κ2) is 5.74. The third-order valence-corrected chi connectivity index (χ3v) is 3.66. The summed E-state index contributed by atoms with van der Waals surface area (Å²) < 4.78 is 1.26. The quantitative estimate of drug-likeness (QED) is 0.857. The highest BCUT2D eigenvalue weighted by molar-refractivity contribution is 6.30. The van der Waals surface area contributed by atoms with Crippen molar-refractivity contribution in [1.82, 2.24) is 9.55 Å². The van der Waals surface area contributed by atoms with E-state index in [-0.39, 0.29) is 22.5 Å². The fourth-order valence-electron chi connectivity index (χ4n) is 1.73. The molecule has 18 heavy (non-hydrogen) atoms. The van der Waals surface area contributed by atoms with Crippen molar-refractivity contribution in [1.29, 1.82) is 0 Å². The second-order valence-electron chi connectivity index (χ2n) is 5.45. The lowest BCUT2D eigenvalue weighted by molar-refractivity contribution is 0.352. The zero-order valence-corrected chi connectivity index (χ0v) is 12.3. The molecule has 5 heteroatoms. The normalized spacial score (nSPS) is 13.3. The van der Waals surface area contributed by atoms with Crippen LogP contribution in [0.3, 0.4) is 0 Å². The van der Waals surface area contributed by atoms with E-state index in [2.05, 4.69) is 18.8 Å². The Labute approximate surface area is 112 Å². The van der Waals surface area contributed by atoms with Gasteiger partial charge >= 0.3 is 5.69 Å². The molecule has 1 atom stereocenters. The van der Waals surface area contributed by atoms with Gasteiger partial charge in [-0.2, -0.15) is 0 Å². The van der Waals surface area contributed by atoms with E-state index in [0.717, 1.165) is 0 Å². The van der Waals surface area contributed by atoms with E-state index >= 15 is 0 Å². The molecule has 0 aromatic carbocycles. The van der Waals surface area contributed by atoms with E-state index < -0.39 is 5.69 Å². The van der Waals surface area contributed by atoms with Crippen LogP contribution in [0.15, 0.2) is 9.59 Å². The van der Waals surface area contributed by atoms with Crippen LogP contribution in [0.4, 0.5) is 0 Å². The predicted molar refractivity (Wildman–Crippen MR) is 74.4 cm³/mol. The van der Waals surface area contributed by atoms with Gasteiger partial charge in [0.2, 0.25) is 0 Å². The molecule has 0 spiro atoms. The molecule has 1 heterocycles. The first-order chi connectivity index (χ1) is 8.25. The number of hydrogen-bond acceptors (Lipinski definition) is 2. The van der Waals surface area contributed by atoms with Gasteiger partial charge in [0.1, 0.15) is 5.15 Å². The molecule has 0 radical (unpaired) electrons. The number of hydrogen-bond donors (Lipinski definition) is 1. The lowest BCUT2D eigenvalue weighted by Gasteiger charge is -2.17. The van der Waals surface area contributed by atoms with Crippen LogP contribution in [0, 0.1) is 11.8 Å². The standard InChI is InChI=1S/C13H21ClN2O2/c1-7(2)9(5)6-16-12(17)10(8(3)4)11(14)15-13(16)18/h7-9H,6H2,1-5H3,(H,15,18). The van der Waals surface area contributed by atoms with Crippen molar-refractivity contribution in [2.75, 3.05) is 0 Å². The van der Waals surface area contributed by atoms with E-state index in [1.54, 1.807) is 0 Å². The van der Waals surface area contributed by atoms with Crippen LogP contribution in [0.1, 0.15) is 46.1 Å². The zero-order valence-electron chi connectivity index (χ0n) is 11.6. The maximum Gasteiger partial charge on any atom is 0.329 e. The molecule has 102 valence electrons. The molecule has 1 aromatic rings. The van der Waals surface area contributed by atoms with Crippen LogP contribution in [-0.2, 0) is 6.54 Å². The minimum Gasteiger partial charge on any atom is -0.297 e. The smallest absolute Gasteiger partial charge is 0.297 e. The molecule has 0 saturated heterocycles. The molecule has 0 bridgehead atoms. The molecular weight excluding hydrogens is 252 g/mol. The van der Waals surface area contributed by atoms with Gasteiger partial charge < -0.3 is 0 Å². The van der Waals surface area contributed by atoms with Gasteiger partial charge in [-0.1, -0.05) is 46.2 Å². The van der Waals surface area contributed by atoms with Gasteiger partial charge in [0.05, 0.1) is 5.56 Å². The molecule has 4 nitrogen and oxygen atoms in total. The van der Waals surface area contributed by atoms with Crippen LogP contribution in [0.25, 0.3) is 0 Å². The highest BCUT2D eigenvalue weighted by atomic mass is 35.5. The largest absolute Gasteiger partial charge is 0.329 e. The third-order valence-electron chi connectivity index (χ3n) is 3.36. The Kier molecular flexibility index (Phi) is 4.79. The topological polar surface area (TPSA) is 54.9 Å². The summed E-state index contributed by atoms with van der Waals surface area (Å²) in [5.41, 5.74) is -0.222. The molecule has 0 aliphatic heterocycles. The highest BCUT2D eigenvalue weighted by Crippen LogP contribution is 2.17. The number of aromatic nitrogens is 2. The van der Waals surface area contributed by atoms with Crippen LogP contribution in [0.2, 0.25) is 5.15 Å². The van der Waals surface area contributed by atoms with Crippen molar-refractivity contribution in [3.05, 3.63) is 31.6 Å². The molecule has 1 aromatic heterocycles. The lowest BCUT2D eigenvalue weighted by Crippen LogP contribution is -2.39. The lowest BCUT2D eigenvalue weighted by atomic mass is 9.98. The van der Waals surface area contributed by atoms with Gasteiger partial charge in [0.25, 0.3) is 5.56 Å². The Morgan fingerprint density at radius 3 is 2.17 bits per heavy atom. The molecule has 1 rings (SSSR count). The third kappa shape index (κ3) is 3.05. The second-order valence-corrected chi connectivity index (χ2v) is 5.83. The molecule has 0 aliphatic carbocycles. The molecule has 1 N–H and O–H groups in total. The van der Waals surface area contributed by atoms with Crippen molar-refractivity contribution in [3.63, 3.8) is 0 Å². The SMILES string of the molecule is CC(C)c1c(Cl)[nH]c(=O)n(CC(C)C(C)C)c1=O. The van der Waals surface area contributed by atoms with Crippen molar-refractivity contribution in [2.45, 2.75) is 47.1 Å². The zero-order chi connectivity index (χ0) is 14.0. The van der Waals surface area contributed by atoms with E-state index in [0.29, 0.717) is 18.0 Å². The fourth-order valence-corrected chi connectivity index (χ4v) is 2.11. The highest BCUT2D eigenvalue weighted by Gasteiger charge is 2.17. The van der Waals surface area contributed by atoms with Crippen LogP contribution in [-0.4, -0.2) is 9.55 Å². The van der Waals surface area contributed by atoms with E-state index in [4.69, 9.17) is 11.6 Å². The van der Waals surface area contributed by atoms with Gasteiger partial charge in [0.15, 0.2) is 0 Å². The predicted octanol–water partition coefficient (Wildman–Crippen LogP) is 2.61. The van der Waals surface area contributed by atoms with Crippen LogP contribution in [0.5, 0.6) is 0 Å². The molecule has 0 saturated carbocycles. The number of halogens is 1. The van der Waals surface area contributed by atoms with Gasteiger partial charge in [-0.15, -0.1) is 0 Å². The number of H-pyrrole nitrogens is 1. The van der Waals surface area contributed by atoms with E-state index in [1.165, 1.54) is 4.57 Å². The number of rotatable bonds is 4. The number of nitrogens with zero attached hydrogens (tertiary/aromatic N) is 1. The van der Waals surface area contributed by atoms with Crippen molar-refractivity contribution < 1.29 is 0 Å². The molecule has 0 fully saturated rings. The Balaban J connectivity index is 3.33. The van der Waals surface area contributed by atoms with Crippen molar-refractivity contribution in [3.8, 4) is 0 Å². The monoisotopic (exact) mass is 272 g/mol.